The van der Waals surface area contributed by atoms with E-state index < -0.39 is 0 Å². The van der Waals surface area contributed by atoms with Crippen molar-refractivity contribution in [1.82, 2.24) is 0 Å². The zero-order valence-electron chi connectivity index (χ0n) is 32.0. The quantitative estimate of drug-likeness (QED) is 0.0647. The van der Waals surface area contributed by atoms with Crippen LogP contribution in [-0.2, 0) is 28.4 Å². The van der Waals surface area contributed by atoms with Crippen LogP contribution in [0.25, 0.3) is 0 Å². The van der Waals surface area contributed by atoms with Crippen LogP contribution in [0, 0.1) is 17.8 Å². The summed E-state index contributed by atoms with van der Waals surface area (Å²) in [5.41, 5.74) is 0. The Morgan fingerprint density at radius 2 is 0.532 bits per heavy atom. The molecular formula is C40H82O7. The standard InChI is InChI=1S/C40H82O7/c1-5-9-13-17-21-25-42-32-39(33-43-26-22-18-14-10-6-2)36-46-30-38(29-41)31-47-37-40(34-44-27-23-19-15-11-7-3)35-45-28-24-20-16-12-8-4/h38-41H,5-37H2,1-4H3. The Kier molecular flexibility index (Phi) is 39.9. The van der Waals surface area contributed by atoms with Gasteiger partial charge in [0.15, 0.2) is 0 Å². The maximum absolute atomic E-state index is 10.0. The lowest BCUT2D eigenvalue weighted by molar-refractivity contribution is -0.0440. The number of hydrogen-bond donors (Lipinski definition) is 1. The fourth-order valence-electron chi connectivity index (χ4n) is 5.48. The first-order valence-corrected chi connectivity index (χ1v) is 20.3. The Hall–Kier alpha value is -0.280. The van der Waals surface area contributed by atoms with E-state index in [0.717, 1.165) is 52.1 Å². The van der Waals surface area contributed by atoms with Gasteiger partial charge in [-0.05, 0) is 25.7 Å². The maximum Gasteiger partial charge on any atom is 0.0538 e. The molecule has 0 rings (SSSR count). The van der Waals surface area contributed by atoms with Gasteiger partial charge >= 0.3 is 0 Å². The lowest BCUT2D eigenvalue weighted by Crippen LogP contribution is -2.28. The van der Waals surface area contributed by atoms with Crippen molar-refractivity contribution in [2.24, 2.45) is 17.8 Å². The van der Waals surface area contributed by atoms with Crippen molar-refractivity contribution >= 4 is 0 Å². The van der Waals surface area contributed by atoms with E-state index in [1.54, 1.807) is 0 Å². The van der Waals surface area contributed by atoms with E-state index in [1.807, 2.05) is 0 Å². The van der Waals surface area contributed by atoms with Crippen LogP contribution in [0.4, 0.5) is 0 Å². The molecule has 0 aromatic carbocycles. The Labute approximate surface area is 292 Å². The van der Waals surface area contributed by atoms with Crippen LogP contribution in [0.1, 0.15) is 156 Å². The molecular weight excluding hydrogens is 592 g/mol. The predicted molar refractivity (Wildman–Crippen MR) is 198 cm³/mol. The third kappa shape index (κ3) is 35.4. The molecule has 47 heavy (non-hydrogen) atoms. The van der Waals surface area contributed by atoms with Gasteiger partial charge in [-0.3, -0.25) is 0 Å². The molecule has 7 heteroatoms. The van der Waals surface area contributed by atoms with E-state index in [2.05, 4.69) is 27.7 Å². The summed E-state index contributed by atoms with van der Waals surface area (Å²) < 4.78 is 36.4. The molecule has 0 atom stereocenters. The third-order valence-electron chi connectivity index (χ3n) is 8.66. The van der Waals surface area contributed by atoms with Gasteiger partial charge < -0.3 is 33.5 Å². The highest BCUT2D eigenvalue weighted by molar-refractivity contribution is 4.62. The summed E-state index contributed by atoms with van der Waals surface area (Å²) in [4.78, 5) is 0. The minimum absolute atomic E-state index is 0.0420. The van der Waals surface area contributed by atoms with Crippen LogP contribution >= 0.6 is 0 Å². The van der Waals surface area contributed by atoms with Gasteiger partial charge in [0.25, 0.3) is 0 Å². The van der Waals surface area contributed by atoms with Crippen LogP contribution in [0.15, 0.2) is 0 Å². The van der Waals surface area contributed by atoms with Crippen molar-refractivity contribution < 1.29 is 33.5 Å². The number of ether oxygens (including phenoxy) is 6. The molecule has 0 bridgehead atoms. The number of hydrogen-bond acceptors (Lipinski definition) is 7. The van der Waals surface area contributed by atoms with Crippen molar-refractivity contribution in [2.75, 3.05) is 85.9 Å². The van der Waals surface area contributed by atoms with Crippen LogP contribution in [0.2, 0.25) is 0 Å². The van der Waals surface area contributed by atoms with E-state index in [-0.39, 0.29) is 24.4 Å². The molecule has 0 aromatic heterocycles. The van der Waals surface area contributed by atoms with Crippen molar-refractivity contribution in [2.45, 2.75) is 156 Å². The second-order valence-electron chi connectivity index (χ2n) is 13.8. The van der Waals surface area contributed by atoms with E-state index in [0.29, 0.717) is 52.9 Å². The average molecular weight is 675 g/mol. The van der Waals surface area contributed by atoms with Crippen LogP contribution < -0.4 is 0 Å². The SMILES string of the molecule is CCCCCCCOCC(COCCCCCCC)COCC(CO)COCC(COCCCCCCC)COCCCCCCC. The van der Waals surface area contributed by atoms with Gasteiger partial charge in [0.1, 0.15) is 0 Å². The maximum atomic E-state index is 10.0. The highest BCUT2D eigenvalue weighted by atomic mass is 16.5. The van der Waals surface area contributed by atoms with Crippen LogP contribution in [0.5, 0.6) is 0 Å². The lowest BCUT2D eigenvalue weighted by Gasteiger charge is -2.22. The number of rotatable bonds is 41. The molecule has 284 valence electrons. The molecule has 0 saturated heterocycles. The van der Waals surface area contributed by atoms with E-state index >= 15 is 0 Å². The summed E-state index contributed by atoms with van der Waals surface area (Å²) in [5, 5.41) is 10.0. The normalized spacial score (nSPS) is 12.0. The molecule has 0 heterocycles. The number of aliphatic hydroxyl groups is 1. The van der Waals surface area contributed by atoms with Gasteiger partial charge in [-0.2, -0.15) is 0 Å². The molecule has 0 unspecified atom stereocenters. The fraction of sp³-hybridized carbons (Fsp3) is 1.00. The summed E-state index contributed by atoms with van der Waals surface area (Å²) in [6.45, 7) is 16.9. The summed E-state index contributed by atoms with van der Waals surface area (Å²) in [6, 6.07) is 0. The fourth-order valence-corrected chi connectivity index (χ4v) is 5.48. The van der Waals surface area contributed by atoms with Gasteiger partial charge in [-0.15, -0.1) is 0 Å². The first kappa shape index (κ1) is 46.7. The van der Waals surface area contributed by atoms with E-state index in [4.69, 9.17) is 28.4 Å². The van der Waals surface area contributed by atoms with Crippen molar-refractivity contribution in [3.05, 3.63) is 0 Å². The second-order valence-corrected chi connectivity index (χ2v) is 13.8. The zero-order valence-corrected chi connectivity index (χ0v) is 32.0. The lowest BCUT2D eigenvalue weighted by atomic mass is 10.1. The van der Waals surface area contributed by atoms with Crippen LogP contribution in [0.3, 0.4) is 0 Å². The van der Waals surface area contributed by atoms with Gasteiger partial charge in [0.05, 0.1) is 59.5 Å². The van der Waals surface area contributed by atoms with E-state index in [1.165, 1.54) is 103 Å². The summed E-state index contributed by atoms with van der Waals surface area (Å²) in [7, 11) is 0. The van der Waals surface area contributed by atoms with Crippen LogP contribution in [-0.4, -0.2) is 91.0 Å². The van der Waals surface area contributed by atoms with E-state index in [9.17, 15) is 5.11 Å². The third-order valence-corrected chi connectivity index (χ3v) is 8.66. The zero-order chi connectivity index (χ0) is 34.3. The molecule has 0 aliphatic rings. The first-order valence-electron chi connectivity index (χ1n) is 20.3. The molecule has 0 fully saturated rings. The minimum atomic E-state index is -0.0609. The number of aliphatic hydroxyl groups excluding tert-OH is 1. The topological polar surface area (TPSA) is 75.6 Å². The molecule has 1 N–H and O–H groups in total. The molecule has 0 aliphatic heterocycles. The Morgan fingerprint density at radius 1 is 0.298 bits per heavy atom. The Morgan fingerprint density at radius 3 is 0.787 bits per heavy atom. The second kappa shape index (κ2) is 40.2. The highest BCUT2D eigenvalue weighted by Crippen LogP contribution is 2.10. The molecule has 0 aromatic rings. The molecule has 0 aliphatic carbocycles. The monoisotopic (exact) mass is 675 g/mol. The van der Waals surface area contributed by atoms with Crippen molar-refractivity contribution in [3.63, 3.8) is 0 Å². The molecule has 0 radical (unpaired) electrons. The number of unbranched alkanes of at least 4 members (excludes halogenated alkanes) is 16. The van der Waals surface area contributed by atoms with Gasteiger partial charge in [0, 0.05) is 44.2 Å². The van der Waals surface area contributed by atoms with Crippen molar-refractivity contribution in [3.8, 4) is 0 Å². The summed E-state index contributed by atoms with van der Waals surface area (Å²) in [6.07, 6.45) is 24.8. The highest BCUT2D eigenvalue weighted by Gasteiger charge is 2.16. The molecule has 0 saturated carbocycles. The van der Waals surface area contributed by atoms with Crippen molar-refractivity contribution in [1.29, 1.82) is 0 Å². The Balaban J connectivity index is 4.54. The van der Waals surface area contributed by atoms with Gasteiger partial charge in [0.2, 0.25) is 0 Å². The van der Waals surface area contributed by atoms with Gasteiger partial charge in [-0.1, -0.05) is 130 Å². The Bertz CT molecular complexity index is 483. The molecule has 0 spiro atoms. The largest absolute Gasteiger partial charge is 0.396 e. The molecule has 7 nitrogen and oxygen atoms in total. The predicted octanol–water partition coefficient (Wildman–Crippen LogP) is 9.81. The first-order chi connectivity index (χ1) is 23.2. The molecule has 0 amide bonds. The summed E-state index contributed by atoms with van der Waals surface area (Å²) in [5.74, 6) is 0.336. The summed E-state index contributed by atoms with van der Waals surface area (Å²) >= 11 is 0. The minimum Gasteiger partial charge on any atom is -0.396 e. The van der Waals surface area contributed by atoms with Gasteiger partial charge in [-0.25, -0.2) is 0 Å². The average Bonchev–Trinajstić information content (AvgIpc) is 3.08. The smallest absolute Gasteiger partial charge is 0.0538 e.